The van der Waals surface area contributed by atoms with Gasteiger partial charge in [-0.25, -0.2) is 9.97 Å². The van der Waals surface area contributed by atoms with E-state index in [4.69, 9.17) is 21.3 Å². The number of anilines is 1. The summed E-state index contributed by atoms with van der Waals surface area (Å²) in [7, 11) is 0. The highest BCUT2D eigenvalue weighted by molar-refractivity contribution is 6.30. The number of benzene rings is 1. The van der Waals surface area contributed by atoms with Crippen molar-refractivity contribution in [1.82, 2.24) is 14.4 Å². The Balaban J connectivity index is 1.54. The molecule has 140 valence electrons. The first-order valence-corrected chi connectivity index (χ1v) is 9.94. The van der Waals surface area contributed by atoms with Gasteiger partial charge in [-0.2, -0.15) is 0 Å². The van der Waals surface area contributed by atoms with Crippen LogP contribution in [-0.2, 0) is 4.74 Å². The third-order valence-electron chi connectivity index (χ3n) is 6.13. The van der Waals surface area contributed by atoms with Crippen molar-refractivity contribution in [2.75, 3.05) is 31.2 Å². The molecule has 0 saturated carbocycles. The predicted octanol–water partition coefficient (Wildman–Crippen LogP) is 4.37. The van der Waals surface area contributed by atoms with E-state index in [-0.39, 0.29) is 0 Å². The molecule has 0 unspecified atom stereocenters. The molecule has 6 heteroatoms. The lowest BCUT2D eigenvalue weighted by atomic mass is 9.78. The van der Waals surface area contributed by atoms with Crippen molar-refractivity contribution in [2.45, 2.75) is 26.2 Å². The Hall–Kier alpha value is -2.11. The highest BCUT2D eigenvalue weighted by atomic mass is 35.5. The highest BCUT2D eigenvalue weighted by Gasteiger charge is 2.38. The number of hydrogen-bond donors (Lipinski definition) is 0. The van der Waals surface area contributed by atoms with Crippen molar-refractivity contribution < 1.29 is 4.74 Å². The molecule has 5 nitrogen and oxygen atoms in total. The van der Waals surface area contributed by atoms with Crippen LogP contribution in [0.2, 0.25) is 5.02 Å². The molecule has 2 saturated heterocycles. The van der Waals surface area contributed by atoms with Gasteiger partial charge in [-0.15, -0.1) is 0 Å². The standard InChI is InChI=1S/C21H23ClN4O/c1-15-19(16-3-2-4-17(22)11-16)26-14-23-12-18(26)20(24-15)25-8-5-21(6-9-25)7-10-27-13-21/h2-4,11-12,14H,5-10,13H2,1H3. The van der Waals surface area contributed by atoms with Crippen LogP contribution in [0.1, 0.15) is 25.0 Å². The molecule has 1 aromatic carbocycles. The Bertz CT molecular complexity index is 983. The van der Waals surface area contributed by atoms with Crippen LogP contribution in [0.4, 0.5) is 5.82 Å². The second kappa shape index (κ2) is 6.50. The fourth-order valence-electron chi connectivity index (χ4n) is 4.54. The van der Waals surface area contributed by atoms with Crippen molar-refractivity contribution in [3.8, 4) is 11.3 Å². The lowest BCUT2D eigenvalue weighted by Crippen LogP contribution is -2.41. The summed E-state index contributed by atoms with van der Waals surface area (Å²) in [6, 6.07) is 7.92. The number of halogens is 1. The summed E-state index contributed by atoms with van der Waals surface area (Å²) in [6.07, 6.45) is 7.33. The van der Waals surface area contributed by atoms with Crippen LogP contribution in [0, 0.1) is 12.3 Å². The van der Waals surface area contributed by atoms with Crippen molar-refractivity contribution in [2.24, 2.45) is 5.41 Å². The van der Waals surface area contributed by atoms with Crippen LogP contribution in [0.5, 0.6) is 0 Å². The summed E-state index contributed by atoms with van der Waals surface area (Å²) in [5.41, 5.74) is 4.54. The van der Waals surface area contributed by atoms with Crippen molar-refractivity contribution in [3.63, 3.8) is 0 Å². The first-order valence-electron chi connectivity index (χ1n) is 9.57. The number of ether oxygens (including phenoxy) is 1. The summed E-state index contributed by atoms with van der Waals surface area (Å²) in [4.78, 5) is 11.8. The lowest BCUT2D eigenvalue weighted by molar-refractivity contribution is 0.133. The molecule has 0 amide bonds. The number of aromatic nitrogens is 3. The third-order valence-corrected chi connectivity index (χ3v) is 6.37. The normalized spacial score (nSPS) is 19.3. The van der Waals surface area contributed by atoms with Crippen LogP contribution in [0.15, 0.2) is 36.8 Å². The maximum absolute atomic E-state index is 6.22. The Kier molecular flexibility index (Phi) is 4.10. The fourth-order valence-corrected chi connectivity index (χ4v) is 4.73. The number of piperidine rings is 1. The lowest BCUT2D eigenvalue weighted by Gasteiger charge is -2.39. The van der Waals surface area contributed by atoms with E-state index in [0.29, 0.717) is 5.41 Å². The SMILES string of the molecule is Cc1nc(N2CCC3(CCOC3)CC2)c2cncn2c1-c1cccc(Cl)c1. The molecule has 2 aliphatic rings. The Labute approximate surface area is 163 Å². The maximum atomic E-state index is 6.22. The van der Waals surface area contributed by atoms with Gasteiger partial charge in [0.25, 0.3) is 0 Å². The number of hydrogen-bond acceptors (Lipinski definition) is 4. The molecule has 27 heavy (non-hydrogen) atoms. The quantitative estimate of drug-likeness (QED) is 0.660. The zero-order chi connectivity index (χ0) is 18.4. The van der Waals surface area contributed by atoms with Gasteiger partial charge in [-0.05, 0) is 43.7 Å². The van der Waals surface area contributed by atoms with E-state index < -0.39 is 0 Å². The topological polar surface area (TPSA) is 42.7 Å². The van der Waals surface area contributed by atoms with Gasteiger partial charge in [0.15, 0.2) is 5.82 Å². The molecular formula is C21H23ClN4O. The number of rotatable bonds is 2. The Morgan fingerprint density at radius 2 is 2.04 bits per heavy atom. The van der Waals surface area contributed by atoms with Gasteiger partial charge < -0.3 is 9.64 Å². The smallest absolute Gasteiger partial charge is 0.154 e. The van der Waals surface area contributed by atoms with E-state index >= 15 is 0 Å². The molecular weight excluding hydrogens is 360 g/mol. The molecule has 1 spiro atoms. The fraction of sp³-hybridized carbons (Fsp3) is 0.429. The van der Waals surface area contributed by atoms with Crippen LogP contribution in [-0.4, -0.2) is 40.7 Å². The average Bonchev–Trinajstić information content (AvgIpc) is 3.32. The van der Waals surface area contributed by atoms with Crippen LogP contribution in [0.3, 0.4) is 0 Å². The minimum Gasteiger partial charge on any atom is -0.381 e. The second-order valence-corrected chi connectivity index (χ2v) is 8.25. The van der Waals surface area contributed by atoms with Gasteiger partial charge in [-0.3, -0.25) is 4.40 Å². The first kappa shape index (κ1) is 17.0. The molecule has 0 aliphatic carbocycles. The monoisotopic (exact) mass is 382 g/mol. The molecule has 2 fully saturated rings. The average molecular weight is 383 g/mol. The van der Waals surface area contributed by atoms with E-state index in [1.807, 2.05) is 30.7 Å². The van der Waals surface area contributed by atoms with Crippen LogP contribution in [0.25, 0.3) is 16.8 Å². The summed E-state index contributed by atoms with van der Waals surface area (Å²) in [5, 5.41) is 0.726. The van der Waals surface area contributed by atoms with Gasteiger partial charge in [0.05, 0.1) is 30.5 Å². The van der Waals surface area contributed by atoms with Crippen LogP contribution < -0.4 is 4.90 Å². The molecule has 4 heterocycles. The van der Waals surface area contributed by atoms with E-state index in [1.54, 1.807) is 0 Å². The number of aryl methyl sites for hydroxylation is 1. The molecule has 2 aliphatic heterocycles. The van der Waals surface area contributed by atoms with Gasteiger partial charge in [-0.1, -0.05) is 23.7 Å². The molecule has 5 rings (SSSR count). The molecule has 2 aromatic heterocycles. The first-order chi connectivity index (χ1) is 13.2. The zero-order valence-electron chi connectivity index (χ0n) is 15.5. The number of fused-ring (bicyclic) bond motifs is 1. The van der Waals surface area contributed by atoms with E-state index in [2.05, 4.69) is 27.3 Å². The van der Waals surface area contributed by atoms with Crippen molar-refractivity contribution in [3.05, 3.63) is 47.5 Å². The van der Waals surface area contributed by atoms with Crippen LogP contribution >= 0.6 is 11.6 Å². The van der Waals surface area contributed by atoms with E-state index in [1.165, 1.54) is 19.3 Å². The summed E-state index contributed by atoms with van der Waals surface area (Å²) < 4.78 is 7.82. The van der Waals surface area contributed by atoms with Gasteiger partial charge >= 0.3 is 0 Å². The van der Waals surface area contributed by atoms with Crippen molar-refractivity contribution in [1.29, 1.82) is 0 Å². The van der Waals surface area contributed by atoms with E-state index in [9.17, 15) is 0 Å². The molecule has 0 N–H and O–H groups in total. The molecule has 3 aromatic rings. The van der Waals surface area contributed by atoms with Gasteiger partial charge in [0, 0.05) is 30.3 Å². The maximum Gasteiger partial charge on any atom is 0.154 e. The number of imidazole rings is 1. The Morgan fingerprint density at radius 1 is 1.19 bits per heavy atom. The second-order valence-electron chi connectivity index (χ2n) is 7.82. The molecule has 0 bridgehead atoms. The Morgan fingerprint density at radius 3 is 2.78 bits per heavy atom. The van der Waals surface area contributed by atoms with Crippen molar-refractivity contribution >= 4 is 22.9 Å². The zero-order valence-corrected chi connectivity index (χ0v) is 16.2. The predicted molar refractivity (Wildman–Crippen MR) is 107 cm³/mol. The highest BCUT2D eigenvalue weighted by Crippen LogP contribution is 2.41. The third kappa shape index (κ3) is 2.89. The van der Waals surface area contributed by atoms with Gasteiger partial charge in [0.1, 0.15) is 5.52 Å². The minimum absolute atomic E-state index is 0.392. The minimum atomic E-state index is 0.392. The van der Waals surface area contributed by atoms with Gasteiger partial charge in [0.2, 0.25) is 0 Å². The largest absolute Gasteiger partial charge is 0.381 e. The summed E-state index contributed by atoms with van der Waals surface area (Å²) in [5.74, 6) is 1.03. The van der Waals surface area contributed by atoms with E-state index in [0.717, 1.165) is 59.6 Å². The molecule has 0 radical (unpaired) electrons. The number of nitrogens with zero attached hydrogens (tertiary/aromatic N) is 4. The molecule has 0 atom stereocenters. The summed E-state index contributed by atoms with van der Waals surface area (Å²) >= 11 is 6.22. The summed E-state index contributed by atoms with van der Waals surface area (Å²) in [6.45, 7) is 5.94.